The number of fused-ring (bicyclic) bond motifs is 4. The maximum atomic E-state index is 15.7. The molecule has 38 nitrogen and oxygen atoms in total. The number of thioether (sulfide) groups is 1. The average molecular weight is 2090 g/mol. The predicted octanol–water partition coefficient (Wildman–Crippen LogP) is 10.1. The van der Waals surface area contributed by atoms with Gasteiger partial charge in [0.25, 0.3) is 0 Å². The van der Waals surface area contributed by atoms with E-state index in [1.165, 1.54) is 11.8 Å². The van der Waals surface area contributed by atoms with Crippen LogP contribution in [0.1, 0.15) is 225 Å². The normalized spacial score (nSPS) is 15.1. The summed E-state index contributed by atoms with van der Waals surface area (Å²) in [7, 11) is 0. The lowest BCUT2D eigenvalue weighted by molar-refractivity contribution is -0.143. The first-order chi connectivity index (χ1) is 71.7. The number of hydrogen-bond donors (Lipinski definition) is 15. The Kier molecular flexibility index (Phi) is 45.2. The summed E-state index contributed by atoms with van der Waals surface area (Å²) in [5.74, 6) is -11.7. The second kappa shape index (κ2) is 57.8. The summed E-state index contributed by atoms with van der Waals surface area (Å²) in [5, 5.41) is 47.7. The Morgan fingerprint density at radius 3 is 1.39 bits per heavy atom. The fraction of sp³-hybridized carbons (Fsp3) is 0.477. The zero-order chi connectivity index (χ0) is 109. The van der Waals surface area contributed by atoms with E-state index in [2.05, 4.69) is 74.4 Å². The van der Waals surface area contributed by atoms with E-state index in [-0.39, 0.29) is 87.3 Å². The second-order valence-electron chi connectivity index (χ2n) is 39.5. The summed E-state index contributed by atoms with van der Waals surface area (Å²) >= 11 is 0.982. The van der Waals surface area contributed by atoms with Crippen molar-refractivity contribution in [3.05, 3.63) is 215 Å². The molecule has 150 heavy (non-hydrogen) atoms. The number of alkyl carbamates (subject to hydrolysis) is 1. The number of benzene rings is 7. The highest BCUT2D eigenvalue weighted by Crippen LogP contribution is 2.44. The molecular weight excluding hydrogens is 1940 g/mol. The van der Waals surface area contributed by atoms with Gasteiger partial charge in [0.2, 0.25) is 82.7 Å². The molecule has 15 N–H and O–H groups in total. The molecule has 7 aromatic carbocycles. The highest BCUT2D eigenvalue weighted by molar-refractivity contribution is 7.99. The number of para-hydroxylation sites is 4. The van der Waals surface area contributed by atoms with Crippen molar-refractivity contribution in [2.45, 2.75) is 284 Å². The molecule has 0 radical (unpaired) electrons. The van der Waals surface area contributed by atoms with Crippen molar-refractivity contribution in [3.63, 3.8) is 0 Å². The number of ether oxygens (including phenoxy) is 6. The van der Waals surface area contributed by atoms with Gasteiger partial charge in [0.05, 0.1) is 56.3 Å². The lowest BCUT2D eigenvalue weighted by atomic mass is 9.94. The Morgan fingerprint density at radius 1 is 0.440 bits per heavy atom. The van der Waals surface area contributed by atoms with E-state index in [4.69, 9.17) is 28.4 Å². The zero-order valence-corrected chi connectivity index (χ0v) is 88.5. The summed E-state index contributed by atoms with van der Waals surface area (Å²) < 4.78 is 36.4. The Balaban J connectivity index is 0.924. The van der Waals surface area contributed by atoms with Crippen LogP contribution in [-0.4, -0.2) is 221 Å². The molecule has 0 unspecified atom stereocenters. The number of carbonyl (C=O) groups is 16. The molecule has 0 spiro atoms. The fourth-order valence-corrected chi connectivity index (χ4v) is 18.3. The molecule has 39 heteroatoms. The maximum absolute atomic E-state index is 15.7. The number of carboxylic acids is 1. The molecule has 808 valence electrons. The minimum atomic E-state index is -1.74. The van der Waals surface area contributed by atoms with E-state index >= 15 is 38.4 Å². The number of aliphatic carboxylic acids is 1. The van der Waals surface area contributed by atoms with Crippen LogP contribution in [0.2, 0.25) is 0 Å². The minimum absolute atomic E-state index is 0.00397. The first kappa shape index (κ1) is 117. The Bertz CT molecular complexity index is 5690. The highest BCUT2D eigenvalue weighted by atomic mass is 32.2. The summed E-state index contributed by atoms with van der Waals surface area (Å²) in [5.41, 5.74) is 3.09. The number of nitrogens with zero attached hydrogens (tertiary/aromatic N) is 1. The number of rotatable bonds is 56. The monoisotopic (exact) mass is 2090 g/mol. The molecule has 7 aromatic rings. The Hall–Kier alpha value is -14.6. The van der Waals surface area contributed by atoms with Crippen molar-refractivity contribution in [3.8, 4) is 34.5 Å². The topological polar surface area (TPSA) is 520 Å². The molecule has 3 aliphatic rings. The number of carbonyl (C=O) groups excluding carboxylic acids is 15. The van der Waals surface area contributed by atoms with Crippen LogP contribution in [-0.2, 0) is 101 Å². The van der Waals surface area contributed by atoms with E-state index in [1.807, 2.05) is 41.5 Å². The van der Waals surface area contributed by atoms with Crippen LogP contribution in [0.3, 0.4) is 0 Å². The molecule has 11 atom stereocenters. The number of hydrogen-bond acceptors (Lipinski definition) is 23. The zero-order valence-electron chi connectivity index (χ0n) is 87.7. The van der Waals surface area contributed by atoms with E-state index in [9.17, 15) is 43.5 Å². The molecule has 0 aromatic heterocycles. The van der Waals surface area contributed by atoms with Crippen LogP contribution in [0.4, 0.5) is 4.79 Å². The first-order valence-electron chi connectivity index (χ1n) is 51.4. The molecule has 3 aliphatic heterocycles. The van der Waals surface area contributed by atoms with Crippen LogP contribution in [0.5, 0.6) is 34.5 Å². The van der Waals surface area contributed by atoms with Gasteiger partial charge in [-0.2, -0.15) is 0 Å². The van der Waals surface area contributed by atoms with Crippen molar-refractivity contribution >= 4 is 107 Å². The SMILES string of the molecule is CCC(CC)Oc1ccc(C[C@H](NC(=O)[C@H](CSCNC(C)=O)NC(=O)[C@H](CCC(=O)NC2c3ccccc3Oc3ccccc32)NC(=O)[C@H](CC(C)C)NC(=O)[C@@H]2CCCN2C(=O)[C@H](CC(C)C)NC(=O)[C@H](Cc2ccc(OC(CC)CC)cc2)NC(=O)[C@H](CC(=O)NC2c3ccccc3Oc3ccccc32)NC(=O)OC(C)(C)C)C(=O)NCC(=O)N[C@@H](COCc2ccccc2)C(=O)N[C@H](C(=O)NCC(=O)O)[C@@H](C)CC)cc1. The van der Waals surface area contributed by atoms with Gasteiger partial charge in [-0.3, -0.25) is 71.9 Å². The first-order valence-corrected chi connectivity index (χ1v) is 52.6. The third-order valence-corrected chi connectivity index (χ3v) is 26.5. The number of carboxylic acid groups (broad SMARTS) is 1. The van der Waals surface area contributed by atoms with Crippen molar-refractivity contribution < 1.29 is 110 Å². The van der Waals surface area contributed by atoms with Crippen LogP contribution in [0, 0.1) is 17.8 Å². The average Bonchev–Trinajstić information content (AvgIpc) is 0.988. The molecule has 0 bridgehead atoms. The van der Waals surface area contributed by atoms with Gasteiger partial charge >= 0.3 is 12.1 Å². The Labute approximate surface area is 880 Å². The fourth-order valence-electron chi connectivity index (χ4n) is 17.4. The van der Waals surface area contributed by atoms with Crippen LogP contribution in [0.25, 0.3) is 0 Å². The van der Waals surface area contributed by atoms with E-state index < -0.39 is 218 Å². The van der Waals surface area contributed by atoms with E-state index in [0.717, 1.165) is 24.6 Å². The molecule has 15 amide bonds. The molecule has 0 saturated carbocycles. The number of amides is 15. The van der Waals surface area contributed by atoms with Crippen molar-refractivity contribution in [1.82, 2.24) is 79.3 Å². The molecule has 0 aliphatic carbocycles. The standard InChI is InChI=1S/C111H145N15O23S/c1-15-67(10)97(108(141)113-60-96(131)132)125-105(138)86(62-144-61-71-32-21-20-22-33-71)115-95(130)59-112-100(133)82(56-69-43-47-74(48-44-69)145-72(16-2)17-3)117-106(139)87(63-150-64-114-68(11)127)121-101(134)80(51-52-93(128)123-98-76-34-23-27-39-89(76)147-90-40-28-24-35-77(90)98)116-102(135)81(54-65(6)7)119-107(140)88-38-31-53-126(88)109(142)85(55-66(8)9)120-103(136)83(57-70-45-49-75(50-46-70)146-73(18-4)19-5)118-104(137)84(122-110(143)149-111(12,13)14)58-94(129)124-99-78-36-25-29-41-91(78)148-92-42-30-26-37-79(92)99/h20-30,32-37,39-50,65-67,72-73,80-88,97-99H,15-19,31,38,51-64H2,1-14H3,(H,112,133)(H,113,141)(H,114,127)(H,115,130)(H,116,135)(H,117,139)(H,118,137)(H,119,140)(H,120,136)(H,121,134)(H,122,143)(H,123,128)(H,124,129)(H,125,138)(H,131,132)/t67-,80-,81-,82-,83-,84-,85-,86-,87-,88-,97-/m0/s1. The summed E-state index contributed by atoms with van der Waals surface area (Å²) in [4.78, 5) is 234. The van der Waals surface area contributed by atoms with Crippen molar-refractivity contribution in [2.24, 2.45) is 17.8 Å². The molecule has 1 saturated heterocycles. The van der Waals surface area contributed by atoms with E-state index in [0.29, 0.717) is 92.7 Å². The molecule has 10 rings (SSSR count). The van der Waals surface area contributed by atoms with Crippen LogP contribution < -0.4 is 93.4 Å². The third-order valence-electron chi connectivity index (χ3n) is 25.6. The second-order valence-corrected chi connectivity index (χ2v) is 40.5. The maximum Gasteiger partial charge on any atom is 0.408 e. The van der Waals surface area contributed by atoms with Crippen LogP contribution in [0.15, 0.2) is 176 Å². The molecule has 3 heterocycles. The minimum Gasteiger partial charge on any atom is -0.490 e. The quantitative estimate of drug-likeness (QED) is 0.0124. The van der Waals surface area contributed by atoms with E-state index in [1.54, 1.807) is 224 Å². The van der Waals surface area contributed by atoms with Gasteiger partial charge in [-0.1, -0.05) is 203 Å². The summed E-state index contributed by atoms with van der Waals surface area (Å²) in [6.07, 6.45) is 0.0761. The van der Waals surface area contributed by atoms with Crippen molar-refractivity contribution in [1.29, 1.82) is 0 Å². The van der Waals surface area contributed by atoms with Gasteiger partial charge in [-0.15, -0.1) is 11.8 Å². The van der Waals surface area contributed by atoms with Gasteiger partial charge in [-0.25, -0.2) is 4.79 Å². The molecule has 1 fully saturated rings. The van der Waals surface area contributed by atoms with Gasteiger partial charge in [0.15, 0.2) is 0 Å². The predicted molar refractivity (Wildman–Crippen MR) is 563 cm³/mol. The van der Waals surface area contributed by atoms with Gasteiger partial charge in [0, 0.05) is 60.7 Å². The van der Waals surface area contributed by atoms with Gasteiger partial charge in [0.1, 0.15) is 107 Å². The number of nitrogens with one attached hydrogen (secondary N) is 14. The third kappa shape index (κ3) is 36.1. The highest BCUT2D eigenvalue weighted by Gasteiger charge is 2.44. The summed E-state index contributed by atoms with van der Waals surface area (Å²) in [6.45, 7) is 22.6. The lowest BCUT2D eigenvalue weighted by Crippen LogP contribution is -2.61. The van der Waals surface area contributed by atoms with Crippen LogP contribution >= 0.6 is 11.8 Å². The van der Waals surface area contributed by atoms with Gasteiger partial charge < -0.3 is 113 Å². The lowest BCUT2D eigenvalue weighted by Gasteiger charge is -2.32. The largest absolute Gasteiger partial charge is 0.490 e. The molecular formula is C111H145N15O23S. The number of likely N-dealkylation sites (tertiary alicyclic amines) is 1. The Morgan fingerprint density at radius 2 is 0.887 bits per heavy atom. The smallest absolute Gasteiger partial charge is 0.408 e. The van der Waals surface area contributed by atoms with Crippen molar-refractivity contribution in [2.75, 3.05) is 37.9 Å². The summed E-state index contributed by atoms with van der Waals surface area (Å²) in [6, 6.07) is 34.2. The van der Waals surface area contributed by atoms with Gasteiger partial charge in [-0.05, 0) is 162 Å².